The summed E-state index contributed by atoms with van der Waals surface area (Å²) >= 11 is 0. The summed E-state index contributed by atoms with van der Waals surface area (Å²) in [6.45, 7) is 5.58. The molecule has 0 radical (unpaired) electrons. The van der Waals surface area contributed by atoms with Crippen molar-refractivity contribution in [1.29, 1.82) is 0 Å². The van der Waals surface area contributed by atoms with Crippen molar-refractivity contribution in [2.75, 3.05) is 32.0 Å². The largest absolute Gasteiger partial charge is 0.370 e. The maximum atomic E-state index is 4.73. The van der Waals surface area contributed by atoms with Crippen LogP contribution >= 0.6 is 0 Å². The molecule has 1 saturated heterocycles. The third-order valence-electron chi connectivity index (χ3n) is 5.68. The molecule has 0 amide bonds. The van der Waals surface area contributed by atoms with Gasteiger partial charge >= 0.3 is 0 Å². The van der Waals surface area contributed by atoms with Gasteiger partial charge in [0.1, 0.15) is 11.6 Å². The Kier molecular flexibility index (Phi) is 5.39. The number of aromatic amines is 1. The first kappa shape index (κ1) is 18.0. The number of H-pyrrole nitrogens is 1. The van der Waals surface area contributed by atoms with Crippen LogP contribution in [0.15, 0.2) is 36.5 Å². The fourth-order valence-corrected chi connectivity index (χ4v) is 3.91. The van der Waals surface area contributed by atoms with Crippen LogP contribution in [0.25, 0.3) is 22.4 Å². The van der Waals surface area contributed by atoms with E-state index in [2.05, 4.69) is 58.4 Å². The lowest BCUT2D eigenvalue weighted by molar-refractivity contribution is 0.211. The highest BCUT2D eigenvalue weighted by molar-refractivity contribution is 5.82. The fraction of sp³-hybridized carbons (Fsp3) is 0.455. The summed E-state index contributed by atoms with van der Waals surface area (Å²) in [6.07, 6.45) is 7.12. The van der Waals surface area contributed by atoms with Gasteiger partial charge in [-0.05, 0) is 82.4 Å². The highest BCUT2D eigenvalue weighted by atomic mass is 15.1. The van der Waals surface area contributed by atoms with Crippen LogP contribution in [0.1, 0.15) is 31.2 Å². The monoisotopic (exact) mass is 363 g/mol. The van der Waals surface area contributed by atoms with Crippen LogP contribution < -0.4 is 5.32 Å². The molecule has 2 N–H and O–H groups in total. The summed E-state index contributed by atoms with van der Waals surface area (Å²) in [7, 11) is 2.22. The molecule has 1 aliphatic rings. The number of piperidine rings is 1. The molecule has 0 unspecified atom stereocenters. The summed E-state index contributed by atoms with van der Waals surface area (Å²) < 4.78 is 0. The smallest absolute Gasteiger partial charge is 0.140 e. The van der Waals surface area contributed by atoms with Gasteiger partial charge in [0.15, 0.2) is 0 Å². The lowest BCUT2D eigenvalue weighted by Crippen LogP contribution is -2.30. The molecule has 0 aliphatic carbocycles. The highest BCUT2D eigenvalue weighted by Gasteiger charge is 2.15. The van der Waals surface area contributed by atoms with Crippen molar-refractivity contribution in [1.82, 2.24) is 19.9 Å². The van der Waals surface area contributed by atoms with E-state index in [1.54, 1.807) is 0 Å². The molecule has 3 aromatic rings. The Labute approximate surface area is 161 Å². The number of aryl methyl sites for hydroxylation is 1. The summed E-state index contributed by atoms with van der Waals surface area (Å²) in [5.41, 5.74) is 4.30. The molecule has 1 fully saturated rings. The van der Waals surface area contributed by atoms with Gasteiger partial charge in [0, 0.05) is 18.3 Å². The van der Waals surface area contributed by atoms with Gasteiger partial charge in [-0.2, -0.15) is 0 Å². The highest BCUT2D eigenvalue weighted by Crippen LogP contribution is 2.23. The molecule has 0 spiro atoms. The number of pyridine rings is 1. The zero-order valence-corrected chi connectivity index (χ0v) is 16.3. The molecule has 2 aromatic heterocycles. The second-order valence-electron chi connectivity index (χ2n) is 7.80. The molecule has 3 heterocycles. The normalized spacial score (nSPS) is 16.1. The van der Waals surface area contributed by atoms with Gasteiger partial charge in [-0.3, -0.25) is 0 Å². The van der Waals surface area contributed by atoms with Crippen molar-refractivity contribution in [2.24, 2.45) is 5.92 Å². The zero-order chi connectivity index (χ0) is 18.6. The van der Waals surface area contributed by atoms with Crippen molar-refractivity contribution in [3.63, 3.8) is 0 Å². The summed E-state index contributed by atoms with van der Waals surface area (Å²) in [6, 6.07) is 10.3. The first-order valence-electron chi connectivity index (χ1n) is 10.0. The Hall–Kier alpha value is -2.40. The molecule has 0 saturated carbocycles. The Bertz CT molecular complexity index is 875. The number of hydrogen-bond acceptors (Lipinski definition) is 4. The number of imidazole rings is 1. The van der Waals surface area contributed by atoms with Gasteiger partial charge in [0.2, 0.25) is 0 Å². The molecular formula is C22H29N5. The SMILES string of the molecule is Cc1cccc2[nH]c(-c3ccc(NCCCC4CCN(C)CC4)nc3)nc12. The van der Waals surface area contributed by atoms with Crippen molar-refractivity contribution in [3.05, 3.63) is 42.1 Å². The predicted octanol–water partition coefficient (Wildman–Crippen LogP) is 4.47. The Balaban J connectivity index is 1.30. The molecule has 0 atom stereocenters. The van der Waals surface area contributed by atoms with E-state index >= 15 is 0 Å². The number of aromatic nitrogens is 3. The minimum absolute atomic E-state index is 0.876. The quantitative estimate of drug-likeness (QED) is 0.635. The van der Waals surface area contributed by atoms with E-state index in [0.717, 1.165) is 40.7 Å². The lowest BCUT2D eigenvalue weighted by atomic mass is 9.92. The molecular weight excluding hydrogens is 334 g/mol. The average Bonchev–Trinajstić information content (AvgIpc) is 3.13. The minimum atomic E-state index is 0.876. The number of anilines is 1. The van der Waals surface area contributed by atoms with Gasteiger partial charge in [-0.25, -0.2) is 9.97 Å². The van der Waals surface area contributed by atoms with Gasteiger partial charge in [-0.1, -0.05) is 12.1 Å². The summed E-state index contributed by atoms with van der Waals surface area (Å²) in [5.74, 6) is 2.71. The van der Waals surface area contributed by atoms with Gasteiger partial charge < -0.3 is 15.2 Å². The Morgan fingerprint density at radius 3 is 2.78 bits per heavy atom. The predicted molar refractivity (Wildman–Crippen MR) is 112 cm³/mol. The number of nitrogens with one attached hydrogen (secondary N) is 2. The van der Waals surface area contributed by atoms with E-state index in [9.17, 15) is 0 Å². The first-order valence-corrected chi connectivity index (χ1v) is 10.0. The average molecular weight is 364 g/mol. The molecule has 4 rings (SSSR count). The van der Waals surface area contributed by atoms with Crippen molar-refractivity contribution >= 4 is 16.9 Å². The topological polar surface area (TPSA) is 56.8 Å². The third kappa shape index (κ3) is 4.30. The van der Waals surface area contributed by atoms with Crippen LogP contribution in [0, 0.1) is 12.8 Å². The number of benzene rings is 1. The van der Waals surface area contributed by atoms with Gasteiger partial charge in [-0.15, -0.1) is 0 Å². The number of nitrogens with zero attached hydrogens (tertiary/aromatic N) is 3. The van der Waals surface area contributed by atoms with Crippen LogP contribution in [0.3, 0.4) is 0 Å². The van der Waals surface area contributed by atoms with Crippen molar-refractivity contribution < 1.29 is 0 Å². The Morgan fingerprint density at radius 1 is 1.19 bits per heavy atom. The van der Waals surface area contributed by atoms with Crippen LogP contribution in [0.4, 0.5) is 5.82 Å². The number of para-hydroxylation sites is 1. The molecule has 142 valence electrons. The van der Waals surface area contributed by atoms with E-state index < -0.39 is 0 Å². The maximum absolute atomic E-state index is 4.73. The van der Waals surface area contributed by atoms with E-state index in [1.807, 2.05) is 12.3 Å². The first-order chi connectivity index (χ1) is 13.2. The number of rotatable bonds is 6. The molecule has 1 aromatic carbocycles. The minimum Gasteiger partial charge on any atom is -0.370 e. The van der Waals surface area contributed by atoms with E-state index in [1.165, 1.54) is 44.3 Å². The molecule has 5 nitrogen and oxygen atoms in total. The standard InChI is InChI=1S/C22H29N5/c1-16-5-3-7-19-21(16)26-22(25-19)18-8-9-20(24-15-18)23-12-4-6-17-10-13-27(2)14-11-17/h3,5,7-9,15,17H,4,6,10-14H2,1-2H3,(H,23,24)(H,25,26). The number of likely N-dealkylation sites (tertiary alicyclic amines) is 1. The van der Waals surface area contributed by atoms with Crippen molar-refractivity contribution in [2.45, 2.75) is 32.6 Å². The van der Waals surface area contributed by atoms with Crippen LogP contribution in [0.5, 0.6) is 0 Å². The summed E-state index contributed by atoms with van der Waals surface area (Å²) in [4.78, 5) is 15.1. The van der Waals surface area contributed by atoms with Gasteiger partial charge in [0.05, 0.1) is 11.0 Å². The van der Waals surface area contributed by atoms with Gasteiger partial charge in [0.25, 0.3) is 0 Å². The van der Waals surface area contributed by atoms with E-state index in [0.29, 0.717) is 0 Å². The molecule has 27 heavy (non-hydrogen) atoms. The maximum Gasteiger partial charge on any atom is 0.140 e. The van der Waals surface area contributed by atoms with Crippen LogP contribution in [-0.2, 0) is 0 Å². The zero-order valence-electron chi connectivity index (χ0n) is 16.3. The number of hydrogen-bond donors (Lipinski definition) is 2. The summed E-state index contributed by atoms with van der Waals surface area (Å²) in [5, 5.41) is 3.46. The molecule has 1 aliphatic heterocycles. The van der Waals surface area contributed by atoms with E-state index in [-0.39, 0.29) is 0 Å². The lowest BCUT2D eigenvalue weighted by Gasteiger charge is -2.28. The second-order valence-corrected chi connectivity index (χ2v) is 7.80. The fourth-order valence-electron chi connectivity index (χ4n) is 3.91. The molecule has 0 bridgehead atoms. The van der Waals surface area contributed by atoms with Crippen LogP contribution in [0.2, 0.25) is 0 Å². The van der Waals surface area contributed by atoms with Crippen molar-refractivity contribution in [3.8, 4) is 11.4 Å². The van der Waals surface area contributed by atoms with Crippen LogP contribution in [-0.4, -0.2) is 46.5 Å². The number of fused-ring (bicyclic) bond motifs is 1. The van der Waals surface area contributed by atoms with E-state index in [4.69, 9.17) is 4.98 Å². The second kappa shape index (κ2) is 8.09. The molecule has 5 heteroatoms. The Morgan fingerprint density at radius 2 is 2.04 bits per heavy atom. The third-order valence-corrected chi connectivity index (χ3v) is 5.68.